The lowest BCUT2D eigenvalue weighted by Crippen LogP contribution is -2.16. The summed E-state index contributed by atoms with van der Waals surface area (Å²) in [5.74, 6) is 1.92. The molecule has 1 aromatic carbocycles. The Bertz CT molecular complexity index is 644. The lowest BCUT2D eigenvalue weighted by molar-refractivity contribution is 0.389. The summed E-state index contributed by atoms with van der Waals surface area (Å²) >= 11 is 6.03. The Balaban J connectivity index is 2.12. The summed E-state index contributed by atoms with van der Waals surface area (Å²) in [5.41, 5.74) is 8.62. The summed E-state index contributed by atoms with van der Waals surface area (Å²) in [6.45, 7) is 3.08. The SMILES string of the molecule is COc1cc(C)c(CNCc2c(N)ncnc2Cl)c(OC)c1. The van der Waals surface area contributed by atoms with E-state index in [-0.39, 0.29) is 0 Å². The molecule has 0 aliphatic heterocycles. The molecule has 0 unspecified atom stereocenters. The minimum atomic E-state index is 0.360. The van der Waals surface area contributed by atoms with E-state index in [1.165, 1.54) is 6.33 Å². The second kappa shape index (κ2) is 7.29. The number of nitrogens with two attached hydrogens (primary N) is 1. The number of anilines is 1. The smallest absolute Gasteiger partial charge is 0.139 e. The molecule has 0 saturated carbocycles. The molecular formula is C15H19ClN4O2. The number of aryl methyl sites for hydroxylation is 1. The predicted molar refractivity (Wildman–Crippen MR) is 86.3 cm³/mol. The molecule has 7 heteroatoms. The molecule has 0 saturated heterocycles. The second-order valence-electron chi connectivity index (χ2n) is 4.76. The van der Waals surface area contributed by atoms with Gasteiger partial charge in [0.15, 0.2) is 0 Å². The van der Waals surface area contributed by atoms with Gasteiger partial charge in [-0.3, -0.25) is 0 Å². The van der Waals surface area contributed by atoms with Crippen molar-refractivity contribution in [1.29, 1.82) is 0 Å². The van der Waals surface area contributed by atoms with Crippen LogP contribution >= 0.6 is 11.6 Å². The quantitative estimate of drug-likeness (QED) is 0.794. The number of ether oxygens (including phenoxy) is 2. The molecule has 0 fully saturated rings. The summed E-state index contributed by atoms with van der Waals surface area (Å²) in [6.07, 6.45) is 1.35. The highest BCUT2D eigenvalue weighted by atomic mass is 35.5. The van der Waals surface area contributed by atoms with Crippen molar-refractivity contribution >= 4 is 17.4 Å². The highest BCUT2D eigenvalue weighted by Gasteiger charge is 2.11. The van der Waals surface area contributed by atoms with Gasteiger partial charge in [0.25, 0.3) is 0 Å². The molecule has 0 bridgehead atoms. The van der Waals surface area contributed by atoms with Crippen LogP contribution in [0.3, 0.4) is 0 Å². The van der Waals surface area contributed by atoms with Gasteiger partial charge in [0.1, 0.15) is 28.8 Å². The van der Waals surface area contributed by atoms with Crippen molar-refractivity contribution in [3.8, 4) is 11.5 Å². The van der Waals surface area contributed by atoms with Crippen molar-refractivity contribution in [2.24, 2.45) is 0 Å². The predicted octanol–water partition coefficient (Wildman–Crippen LogP) is 2.33. The fraction of sp³-hybridized carbons (Fsp3) is 0.333. The van der Waals surface area contributed by atoms with Gasteiger partial charge < -0.3 is 20.5 Å². The van der Waals surface area contributed by atoms with E-state index in [0.29, 0.717) is 29.6 Å². The minimum absolute atomic E-state index is 0.360. The highest BCUT2D eigenvalue weighted by Crippen LogP contribution is 2.28. The Labute approximate surface area is 134 Å². The first-order valence-corrected chi connectivity index (χ1v) is 7.11. The van der Waals surface area contributed by atoms with Gasteiger partial charge in [0.05, 0.1) is 14.2 Å². The molecule has 1 heterocycles. The number of halogens is 1. The fourth-order valence-electron chi connectivity index (χ4n) is 2.16. The Morgan fingerprint density at radius 3 is 2.50 bits per heavy atom. The van der Waals surface area contributed by atoms with E-state index in [1.54, 1.807) is 14.2 Å². The van der Waals surface area contributed by atoms with E-state index in [2.05, 4.69) is 15.3 Å². The highest BCUT2D eigenvalue weighted by molar-refractivity contribution is 6.30. The number of hydrogen-bond acceptors (Lipinski definition) is 6. The van der Waals surface area contributed by atoms with Crippen LogP contribution in [0.1, 0.15) is 16.7 Å². The molecular weight excluding hydrogens is 304 g/mol. The van der Waals surface area contributed by atoms with Crippen LogP contribution in [0.25, 0.3) is 0 Å². The minimum Gasteiger partial charge on any atom is -0.497 e. The topological polar surface area (TPSA) is 82.3 Å². The first-order chi connectivity index (χ1) is 10.6. The number of nitrogens with zero attached hydrogens (tertiary/aromatic N) is 2. The molecule has 1 aromatic heterocycles. The first-order valence-electron chi connectivity index (χ1n) is 6.73. The van der Waals surface area contributed by atoms with Crippen molar-refractivity contribution in [1.82, 2.24) is 15.3 Å². The maximum absolute atomic E-state index is 6.03. The average Bonchev–Trinajstić information content (AvgIpc) is 2.50. The Kier molecular flexibility index (Phi) is 5.41. The summed E-state index contributed by atoms with van der Waals surface area (Å²) < 4.78 is 10.7. The first kappa shape index (κ1) is 16.3. The molecule has 6 nitrogen and oxygen atoms in total. The molecule has 0 atom stereocenters. The van der Waals surface area contributed by atoms with Gasteiger partial charge in [-0.15, -0.1) is 0 Å². The molecule has 0 spiro atoms. The third-order valence-corrected chi connectivity index (χ3v) is 3.72. The van der Waals surface area contributed by atoms with Crippen LogP contribution in [0.5, 0.6) is 11.5 Å². The number of hydrogen-bond donors (Lipinski definition) is 2. The van der Waals surface area contributed by atoms with Gasteiger partial charge in [-0.1, -0.05) is 11.6 Å². The van der Waals surface area contributed by atoms with Gasteiger partial charge in [0, 0.05) is 30.3 Å². The Hall–Kier alpha value is -2.05. The van der Waals surface area contributed by atoms with Gasteiger partial charge in [-0.05, 0) is 18.6 Å². The molecule has 2 rings (SSSR count). The van der Waals surface area contributed by atoms with Gasteiger partial charge in [-0.2, -0.15) is 0 Å². The standard InChI is InChI=1S/C15H19ClN4O2/c1-9-4-10(21-2)5-13(22-3)11(9)6-18-7-12-14(16)19-8-20-15(12)17/h4-5,8,18H,6-7H2,1-3H3,(H2,17,19,20). The number of nitrogen functional groups attached to an aromatic ring is 1. The summed E-state index contributed by atoms with van der Waals surface area (Å²) in [5, 5.41) is 3.65. The van der Waals surface area contributed by atoms with E-state index >= 15 is 0 Å². The Morgan fingerprint density at radius 1 is 1.14 bits per heavy atom. The normalized spacial score (nSPS) is 10.5. The van der Waals surface area contributed by atoms with Gasteiger partial charge in [-0.25, -0.2) is 9.97 Å². The van der Waals surface area contributed by atoms with Crippen LogP contribution in [0, 0.1) is 6.92 Å². The molecule has 0 amide bonds. The van der Waals surface area contributed by atoms with Crippen LogP contribution in [0.2, 0.25) is 5.15 Å². The zero-order valence-electron chi connectivity index (χ0n) is 12.8. The largest absolute Gasteiger partial charge is 0.497 e. The third kappa shape index (κ3) is 3.58. The monoisotopic (exact) mass is 322 g/mol. The molecule has 2 aromatic rings. The van der Waals surface area contributed by atoms with Crippen molar-refractivity contribution < 1.29 is 9.47 Å². The Morgan fingerprint density at radius 2 is 1.86 bits per heavy atom. The number of methoxy groups -OCH3 is 2. The van der Waals surface area contributed by atoms with Gasteiger partial charge >= 0.3 is 0 Å². The average molecular weight is 323 g/mol. The summed E-state index contributed by atoms with van der Waals surface area (Å²) in [4.78, 5) is 7.87. The number of nitrogens with one attached hydrogen (secondary N) is 1. The molecule has 0 aliphatic rings. The zero-order chi connectivity index (χ0) is 16.1. The molecule has 3 N–H and O–H groups in total. The van der Waals surface area contributed by atoms with Crippen LogP contribution in [0.15, 0.2) is 18.5 Å². The van der Waals surface area contributed by atoms with Crippen LogP contribution in [-0.4, -0.2) is 24.2 Å². The van der Waals surface area contributed by atoms with E-state index in [0.717, 1.165) is 22.6 Å². The van der Waals surface area contributed by atoms with E-state index < -0.39 is 0 Å². The summed E-state index contributed by atoms with van der Waals surface area (Å²) in [7, 11) is 3.27. The lowest BCUT2D eigenvalue weighted by atomic mass is 10.1. The van der Waals surface area contributed by atoms with Crippen molar-refractivity contribution in [3.63, 3.8) is 0 Å². The number of benzene rings is 1. The van der Waals surface area contributed by atoms with Crippen molar-refractivity contribution in [2.45, 2.75) is 20.0 Å². The second-order valence-corrected chi connectivity index (χ2v) is 5.11. The van der Waals surface area contributed by atoms with Crippen molar-refractivity contribution in [3.05, 3.63) is 40.3 Å². The van der Waals surface area contributed by atoms with E-state index in [1.807, 2.05) is 19.1 Å². The van der Waals surface area contributed by atoms with E-state index in [9.17, 15) is 0 Å². The van der Waals surface area contributed by atoms with Crippen LogP contribution in [-0.2, 0) is 13.1 Å². The number of aromatic nitrogens is 2. The molecule has 0 radical (unpaired) electrons. The zero-order valence-corrected chi connectivity index (χ0v) is 13.6. The molecule has 118 valence electrons. The fourth-order valence-corrected chi connectivity index (χ4v) is 2.37. The molecule has 22 heavy (non-hydrogen) atoms. The van der Waals surface area contributed by atoms with Crippen LogP contribution in [0.4, 0.5) is 5.82 Å². The maximum atomic E-state index is 6.03. The maximum Gasteiger partial charge on any atom is 0.139 e. The number of rotatable bonds is 6. The third-order valence-electron chi connectivity index (χ3n) is 3.39. The van der Waals surface area contributed by atoms with Gasteiger partial charge in [0.2, 0.25) is 0 Å². The van der Waals surface area contributed by atoms with E-state index in [4.69, 9.17) is 26.8 Å². The lowest BCUT2D eigenvalue weighted by Gasteiger charge is -2.15. The molecule has 0 aliphatic carbocycles. The van der Waals surface area contributed by atoms with Crippen LogP contribution < -0.4 is 20.5 Å². The summed E-state index contributed by atoms with van der Waals surface area (Å²) in [6, 6.07) is 3.82. The van der Waals surface area contributed by atoms with Crippen molar-refractivity contribution in [2.75, 3.05) is 20.0 Å².